The van der Waals surface area contributed by atoms with Crippen molar-refractivity contribution in [1.29, 1.82) is 0 Å². The molecule has 0 aromatic carbocycles. The third-order valence-electron chi connectivity index (χ3n) is 15.8. The van der Waals surface area contributed by atoms with E-state index in [2.05, 4.69) is 41.5 Å². The fraction of sp³-hybridized carbons (Fsp3) is 0.955. The summed E-state index contributed by atoms with van der Waals surface area (Å²) in [4.78, 5) is 38.4. The highest BCUT2D eigenvalue weighted by molar-refractivity contribution is 5.71. The summed E-state index contributed by atoms with van der Waals surface area (Å²) in [5.41, 5.74) is 0. The van der Waals surface area contributed by atoms with Crippen LogP contribution in [0.1, 0.15) is 375 Å². The van der Waals surface area contributed by atoms with E-state index in [1.807, 2.05) is 0 Å². The number of carbonyl (C=O) groups excluding carboxylic acids is 3. The van der Waals surface area contributed by atoms with Crippen LogP contribution < -0.4 is 0 Å². The lowest BCUT2D eigenvalue weighted by molar-refractivity contribution is -0.167. The van der Waals surface area contributed by atoms with Crippen LogP contribution in [0.4, 0.5) is 0 Å². The lowest BCUT2D eigenvalue weighted by Gasteiger charge is -2.18. The van der Waals surface area contributed by atoms with Crippen LogP contribution in [0.15, 0.2) is 0 Å². The third kappa shape index (κ3) is 59.5. The number of unbranched alkanes of at least 4 members (excludes halogenated alkanes) is 42. The van der Waals surface area contributed by atoms with E-state index in [1.54, 1.807) is 0 Å². The topological polar surface area (TPSA) is 78.9 Å². The summed E-state index contributed by atoms with van der Waals surface area (Å²) < 4.78 is 17.0. The van der Waals surface area contributed by atoms with Gasteiger partial charge < -0.3 is 14.2 Å². The molecule has 0 aliphatic heterocycles. The molecule has 0 aromatic rings. The van der Waals surface area contributed by atoms with Gasteiger partial charge in [0.05, 0.1) is 0 Å². The minimum atomic E-state index is -0.765. The minimum Gasteiger partial charge on any atom is -0.462 e. The van der Waals surface area contributed by atoms with Gasteiger partial charge in [0.2, 0.25) is 0 Å². The first-order chi connectivity index (χ1) is 35.6. The van der Waals surface area contributed by atoms with Crippen molar-refractivity contribution in [3.05, 3.63) is 0 Å². The molecule has 1 unspecified atom stereocenters. The van der Waals surface area contributed by atoms with Crippen LogP contribution in [0, 0.1) is 17.8 Å². The first-order valence-corrected chi connectivity index (χ1v) is 33.1. The van der Waals surface area contributed by atoms with Gasteiger partial charge in [-0.2, -0.15) is 0 Å². The van der Waals surface area contributed by atoms with Gasteiger partial charge in [0.25, 0.3) is 0 Å². The van der Waals surface area contributed by atoms with Crippen molar-refractivity contribution in [3.63, 3.8) is 0 Å². The Balaban J connectivity index is 4.27. The molecule has 6 nitrogen and oxygen atoms in total. The molecule has 0 aliphatic rings. The van der Waals surface area contributed by atoms with Crippen molar-refractivity contribution < 1.29 is 28.6 Å². The number of hydrogen-bond donors (Lipinski definition) is 0. The number of rotatable bonds is 60. The van der Waals surface area contributed by atoms with E-state index in [4.69, 9.17) is 14.2 Å². The summed E-state index contributed by atoms with van der Waals surface area (Å²) in [6, 6.07) is 0. The quantitative estimate of drug-likeness (QED) is 0.0343. The van der Waals surface area contributed by atoms with Crippen molar-refractivity contribution in [1.82, 2.24) is 0 Å². The lowest BCUT2D eigenvalue weighted by Crippen LogP contribution is -2.30. The Morgan fingerprint density at radius 1 is 0.274 bits per heavy atom. The van der Waals surface area contributed by atoms with Crippen LogP contribution in [-0.4, -0.2) is 37.2 Å². The summed E-state index contributed by atoms with van der Waals surface area (Å²) >= 11 is 0. The molecule has 0 saturated heterocycles. The van der Waals surface area contributed by atoms with Gasteiger partial charge in [-0.3, -0.25) is 14.4 Å². The van der Waals surface area contributed by atoms with Crippen molar-refractivity contribution in [2.45, 2.75) is 382 Å². The van der Waals surface area contributed by atoms with Gasteiger partial charge in [-0.05, 0) is 37.0 Å². The van der Waals surface area contributed by atoms with E-state index in [0.29, 0.717) is 19.3 Å². The van der Waals surface area contributed by atoms with Crippen molar-refractivity contribution >= 4 is 17.9 Å². The first-order valence-electron chi connectivity index (χ1n) is 33.1. The molecule has 2 atom stereocenters. The molecule has 6 heteroatoms. The molecular weight excluding hydrogens is 901 g/mol. The highest BCUT2D eigenvalue weighted by Crippen LogP contribution is 2.20. The van der Waals surface area contributed by atoms with Gasteiger partial charge in [0.15, 0.2) is 6.10 Å². The second-order valence-corrected chi connectivity index (χ2v) is 24.3. The average Bonchev–Trinajstić information content (AvgIpc) is 3.37. The second kappa shape index (κ2) is 58.1. The maximum Gasteiger partial charge on any atom is 0.306 e. The predicted molar refractivity (Wildman–Crippen MR) is 316 cm³/mol. The van der Waals surface area contributed by atoms with Crippen LogP contribution in [0.3, 0.4) is 0 Å². The normalized spacial score (nSPS) is 12.5. The summed E-state index contributed by atoms with van der Waals surface area (Å²) in [5.74, 6) is 1.76. The zero-order chi connectivity index (χ0) is 53.3. The Morgan fingerprint density at radius 2 is 0.479 bits per heavy atom. The van der Waals surface area contributed by atoms with E-state index in [1.165, 1.54) is 257 Å². The zero-order valence-corrected chi connectivity index (χ0v) is 50.4. The van der Waals surface area contributed by atoms with Gasteiger partial charge in [0, 0.05) is 19.3 Å². The lowest BCUT2D eigenvalue weighted by atomic mass is 9.99. The highest BCUT2D eigenvalue weighted by atomic mass is 16.6. The largest absolute Gasteiger partial charge is 0.462 e. The zero-order valence-electron chi connectivity index (χ0n) is 50.4. The Bertz CT molecular complexity index is 1130. The van der Waals surface area contributed by atoms with Gasteiger partial charge in [-0.1, -0.05) is 337 Å². The molecule has 0 rings (SSSR count). The van der Waals surface area contributed by atoms with Gasteiger partial charge >= 0.3 is 17.9 Å². The number of hydrogen-bond acceptors (Lipinski definition) is 6. The van der Waals surface area contributed by atoms with Crippen molar-refractivity contribution in [3.8, 4) is 0 Å². The molecular formula is C67H130O6. The molecule has 0 saturated carbocycles. The highest BCUT2D eigenvalue weighted by Gasteiger charge is 2.20. The summed E-state index contributed by atoms with van der Waals surface area (Å²) in [7, 11) is 0. The fourth-order valence-corrected chi connectivity index (χ4v) is 10.4. The molecule has 0 aliphatic carbocycles. The molecule has 0 fully saturated rings. The molecule has 434 valence electrons. The maximum atomic E-state index is 12.9. The summed E-state index contributed by atoms with van der Waals surface area (Å²) in [6.45, 7) is 13.9. The molecule has 0 spiro atoms. The van der Waals surface area contributed by atoms with Crippen LogP contribution in [0.25, 0.3) is 0 Å². The average molecular weight is 1030 g/mol. The van der Waals surface area contributed by atoms with Crippen molar-refractivity contribution in [2.24, 2.45) is 17.8 Å². The Labute approximate surface area is 457 Å². The summed E-state index contributed by atoms with van der Waals surface area (Å²) in [6.07, 6.45) is 63.9. The molecule has 0 amide bonds. The molecule has 0 aromatic heterocycles. The SMILES string of the molecule is CCC(C)CCCCCCCCCCCCCCCCCCCCC(=O)OC[C@@H](COC(=O)CCCCCCCCCCCCCCCC(C)C)OC(=O)CCCCCCCCCCCCCCCCC(C)C. The van der Waals surface area contributed by atoms with Crippen LogP contribution in [0.2, 0.25) is 0 Å². The first kappa shape index (κ1) is 71.4. The van der Waals surface area contributed by atoms with Crippen LogP contribution in [0.5, 0.6) is 0 Å². The molecule has 73 heavy (non-hydrogen) atoms. The van der Waals surface area contributed by atoms with E-state index < -0.39 is 6.10 Å². The van der Waals surface area contributed by atoms with E-state index >= 15 is 0 Å². The number of ether oxygens (including phenoxy) is 3. The van der Waals surface area contributed by atoms with Gasteiger partial charge in [0.1, 0.15) is 13.2 Å². The Kier molecular flexibility index (Phi) is 56.8. The number of carbonyl (C=O) groups is 3. The van der Waals surface area contributed by atoms with Crippen LogP contribution >= 0.6 is 0 Å². The molecule has 0 N–H and O–H groups in total. The minimum absolute atomic E-state index is 0.0623. The smallest absolute Gasteiger partial charge is 0.306 e. The van der Waals surface area contributed by atoms with Gasteiger partial charge in [-0.15, -0.1) is 0 Å². The predicted octanol–water partition coefficient (Wildman–Crippen LogP) is 22.2. The Morgan fingerprint density at radius 3 is 0.712 bits per heavy atom. The third-order valence-corrected chi connectivity index (χ3v) is 15.8. The molecule has 0 bridgehead atoms. The fourth-order valence-electron chi connectivity index (χ4n) is 10.4. The van der Waals surface area contributed by atoms with E-state index in [0.717, 1.165) is 75.5 Å². The van der Waals surface area contributed by atoms with E-state index in [9.17, 15) is 14.4 Å². The van der Waals surface area contributed by atoms with Crippen molar-refractivity contribution in [2.75, 3.05) is 13.2 Å². The van der Waals surface area contributed by atoms with E-state index in [-0.39, 0.29) is 31.1 Å². The Hall–Kier alpha value is -1.59. The molecule has 0 heterocycles. The second-order valence-electron chi connectivity index (χ2n) is 24.3. The van der Waals surface area contributed by atoms with Gasteiger partial charge in [-0.25, -0.2) is 0 Å². The standard InChI is InChI=1S/C67H130O6/c1-7-63(6)55-49-43-37-31-25-19-12-10-8-9-11-13-20-26-32-38-44-50-56-65(68)71-59-64(60-72-66(69)57-51-45-39-33-27-22-16-18-24-30-36-42-48-54-62(4)5)73-67(70)58-52-46-40-34-28-21-15-14-17-23-29-35-41-47-53-61(2)3/h61-64H,7-60H2,1-6H3/t63?,64-/m0/s1. The maximum absolute atomic E-state index is 12.9. The molecule has 0 radical (unpaired) electrons. The van der Waals surface area contributed by atoms with Crippen LogP contribution in [-0.2, 0) is 28.6 Å². The monoisotopic (exact) mass is 1030 g/mol. The summed E-state index contributed by atoms with van der Waals surface area (Å²) in [5, 5.41) is 0. The number of esters is 3.